The summed E-state index contributed by atoms with van der Waals surface area (Å²) in [6.45, 7) is 0. The van der Waals surface area contributed by atoms with Gasteiger partial charge in [-0.05, 0) is 29.8 Å². The molecule has 138 valence electrons. The van der Waals surface area contributed by atoms with Crippen LogP contribution in [0.15, 0.2) is 90.0 Å². The van der Waals surface area contributed by atoms with Crippen LogP contribution in [0.3, 0.4) is 0 Å². The molecule has 5 nitrogen and oxygen atoms in total. The first-order valence-electron chi connectivity index (χ1n) is 8.90. The van der Waals surface area contributed by atoms with E-state index in [-0.39, 0.29) is 11.7 Å². The highest BCUT2D eigenvalue weighted by molar-refractivity contribution is 6.34. The molecule has 0 spiro atoms. The van der Waals surface area contributed by atoms with Gasteiger partial charge in [-0.2, -0.15) is 10.1 Å². The standard InChI is InChI=1S/C23H18N2O3/c1-28-19-14-8-11-17(15-19)22(26)20-21(16-9-4-2-5-10-16)24-25(23(20)27)18-12-6-3-7-13-18/h2-15,20H,1H3. The number of ketones is 1. The Morgan fingerprint density at radius 3 is 2.29 bits per heavy atom. The van der Waals surface area contributed by atoms with E-state index in [0.29, 0.717) is 22.7 Å². The van der Waals surface area contributed by atoms with E-state index in [9.17, 15) is 9.59 Å². The van der Waals surface area contributed by atoms with Gasteiger partial charge in [0.25, 0.3) is 5.91 Å². The normalized spacial score (nSPS) is 16.0. The van der Waals surface area contributed by atoms with Crippen molar-refractivity contribution >= 4 is 23.1 Å². The van der Waals surface area contributed by atoms with Gasteiger partial charge in [-0.1, -0.05) is 60.7 Å². The summed E-state index contributed by atoms with van der Waals surface area (Å²) in [4.78, 5) is 26.5. The van der Waals surface area contributed by atoms with Crippen LogP contribution in [0.4, 0.5) is 5.69 Å². The number of hydrogen-bond donors (Lipinski definition) is 0. The molecule has 0 saturated carbocycles. The van der Waals surface area contributed by atoms with Gasteiger partial charge in [-0.25, -0.2) is 0 Å². The van der Waals surface area contributed by atoms with E-state index in [4.69, 9.17) is 4.74 Å². The van der Waals surface area contributed by atoms with Crippen molar-refractivity contribution in [3.05, 3.63) is 96.1 Å². The summed E-state index contributed by atoms with van der Waals surface area (Å²) >= 11 is 0. The SMILES string of the molecule is COc1cccc(C(=O)C2C(=O)N(c3ccccc3)N=C2c2ccccc2)c1. The third-order valence-corrected chi connectivity index (χ3v) is 4.62. The average molecular weight is 370 g/mol. The zero-order chi connectivity index (χ0) is 19.5. The third-order valence-electron chi connectivity index (χ3n) is 4.62. The smallest absolute Gasteiger partial charge is 0.264 e. The number of amides is 1. The van der Waals surface area contributed by atoms with Gasteiger partial charge in [-0.3, -0.25) is 9.59 Å². The summed E-state index contributed by atoms with van der Waals surface area (Å²) in [6, 6.07) is 25.3. The molecule has 0 aliphatic carbocycles. The van der Waals surface area contributed by atoms with Crippen molar-refractivity contribution in [1.29, 1.82) is 0 Å². The number of hydrogen-bond acceptors (Lipinski definition) is 4. The highest BCUT2D eigenvalue weighted by atomic mass is 16.5. The Balaban J connectivity index is 1.79. The van der Waals surface area contributed by atoms with Crippen LogP contribution in [-0.2, 0) is 4.79 Å². The second-order valence-corrected chi connectivity index (χ2v) is 6.37. The summed E-state index contributed by atoms with van der Waals surface area (Å²) in [5, 5.41) is 5.84. The van der Waals surface area contributed by atoms with Crippen LogP contribution in [-0.4, -0.2) is 24.5 Å². The van der Waals surface area contributed by atoms with Gasteiger partial charge in [0.1, 0.15) is 11.7 Å². The second-order valence-electron chi connectivity index (χ2n) is 6.37. The van der Waals surface area contributed by atoms with Crippen molar-refractivity contribution in [2.24, 2.45) is 11.0 Å². The van der Waals surface area contributed by atoms with Gasteiger partial charge in [0.15, 0.2) is 5.78 Å². The summed E-state index contributed by atoms with van der Waals surface area (Å²) in [6.07, 6.45) is 0. The van der Waals surface area contributed by atoms with Crippen molar-refractivity contribution in [1.82, 2.24) is 0 Å². The number of carbonyl (C=O) groups is 2. The quantitative estimate of drug-likeness (QED) is 0.505. The van der Waals surface area contributed by atoms with Crippen LogP contribution in [0.2, 0.25) is 0 Å². The molecular weight excluding hydrogens is 352 g/mol. The molecule has 0 N–H and O–H groups in total. The lowest BCUT2D eigenvalue weighted by Gasteiger charge is -2.14. The minimum atomic E-state index is -1.00. The van der Waals surface area contributed by atoms with E-state index < -0.39 is 5.92 Å². The molecule has 0 aromatic heterocycles. The summed E-state index contributed by atoms with van der Waals surface area (Å²) in [7, 11) is 1.54. The summed E-state index contributed by atoms with van der Waals surface area (Å²) in [5.74, 6) is -1.10. The zero-order valence-electron chi connectivity index (χ0n) is 15.3. The molecule has 3 aromatic carbocycles. The average Bonchev–Trinajstić information content (AvgIpc) is 3.11. The van der Waals surface area contributed by atoms with E-state index in [0.717, 1.165) is 5.56 Å². The fourth-order valence-electron chi connectivity index (χ4n) is 3.22. The molecule has 1 unspecified atom stereocenters. The van der Waals surface area contributed by atoms with Crippen molar-refractivity contribution in [3.63, 3.8) is 0 Å². The molecule has 5 heteroatoms. The maximum absolute atomic E-state index is 13.3. The maximum atomic E-state index is 13.3. The monoisotopic (exact) mass is 370 g/mol. The topological polar surface area (TPSA) is 59.0 Å². The Labute approximate surface area is 162 Å². The molecule has 0 fully saturated rings. The molecule has 1 atom stereocenters. The van der Waals surface area contributed by atoms with E-state index in [2.05, 4.69) is 5.10 Å². The van der Waals surface area contributed by atoms with Gasteiger partial charge in [0.2, 0.25) is 0 Å². The number of rotatable bonds is 5. The lowest BCUT2D eigenvalue weighted by Crippen LogP contribution is -2.33. The van der Waals surface area contributed by atoms with Crippen molar-refractivity contribution in [2.75, 3.05) is 12.1 Å². The Kier molecular flexibility index (Phi) is 4.72. The van der Waals surface area contributed by atoms with Gasteiger partial charge in [0, 0.05) is 5.56 Å². The van der Waals surface area contributed by atoms with Crippen molar-refractivity contribution in [3.8, 4) is 5.75 Å². The number of anilines is 1. The molecule has 28 heavy (non-hydrogen) atoms. The third kappa shape index (κ3) is 3.18. The van der Waals surface area contributed by atoms with Crippen LogP contribution >= 0.6 is 0 Å². The predicted molar refractivity (Wildman–Crippen MR) is 108 cm³/mol. The van der Waals surface area contributed by atoms with Gasteiger partial charge >= 0.3 is 0 Å². The van der Waals surface area contributed by atoms with Gasteiger partial charge in [0.05, 0.1) is 18.5 Å². The fourth-order valence-corrected chi connectivity index (χ4v) is 3.22. The fraction of sp³-hybridized carbons (Fsp3) is 0.0870. The van der Waals surface area contributed by atoms with Crippen LogP contribution in [0, 0.1) is 5.92 Å². The Hall–Kier alpha value is -3.73. The van der Waals surface area contributed by atoms with Crippen LogP contribution in [0.5, 0.6) is 5.75 Å². The molecule has 1 aliphatic heterocycles. The Morgan fingerprint density at radius 1 is 0.929 bits per heavy atom. The van der Waals surface area contributed by atoms with E-state index in [1.807, 2.05) is 48.5 Å². The zero-order valence-corrected chi connectivity index (χ0v) is 15.3. The molecule has 1 heterocycles. The number of nitrogens with zero attached hydrogens (tertiary/aromatic N) is 2. The molecule has 0 saturated heterocycles. The molecule has 1 aliphatic rings. The number of carbonyl (C=O) groups excluding carboxylic acids is 2. The van der Waals surface area contributed by atoms with Crippen LogP contribution in [0.1, 0.15) is 15.9 Å². The number of para-hydroxylation sites is 1. The molecule has 3 aromatic rings. The number of hydrazone groups is 1. The number of ether oxygens (including phenoxy) is 1. The minimum absolute atomic E-state index is 0.301. The summed E-state index contributed by atoms with van der Waals surface area (Å²) in [5.41, 5.74) is 2.23. The highest BCUT2D eigenvalue weighted by Crippen LogP contribution is 2.29. The minimum Gasteiger partial charge on any atom is -0.497 e. The number of methoxy groups -OCH3 is 1. The largest absolute Gasteiger partial charge is 0.497 e. The first kappa shape index (κ1) is 17.7. The lowest BCUT2D eigenvalue weighted by atomic mass is 9.89. The van der Waals surface area contributed by atoms with Crippen molar-refractivity contribution < 1.29 is 14.3 Å². The Bertz CT molecular complexity index is 1050. The predicted octanol–water partition coefficient (Wildman–Crippen LogP) is 3.95. The molecular formula is C23H18N2O3. The van der Waals surface area contributed by atoms with Gasteiger partial charge < -0.3 is 4.74 Å². The molecule has 0 radical (unpaired) electrons. The number of Topliss-reactive ketones (excluding diaryl/α,β-unsaturated/α-hetero) is 1. The van der Waals surface area contributed by atoms with Gasteiger partial charge in [-0.15, -0.1) is 0 Å². The lowest BCUT2D eigenvalue weighted by molar-refractivity contribution is -0.118. The maximum Gasteiger partial charge on any atom is 0.264 e. The molecule has 0 bridgehead atoms. The van der Waals surface area contributed by atoms with Crippen LogP contribution in [0.25, 0.3) is 0 Å². The van der Waals surface area contributed by atoms with E-state index >= 15 is 0 Å². The van der Waals surface area contributed by atoms with Crippen LogP contribution < -0.4 is 9.75 Å². The first-order valence-corrected chi connectivity index (χ1v) is 8.90. The highest BCUT2D eigenvalue weighted by Gasteiger charge is 2.42. The first-order chi connectivity index (χ1) is 13.7. The number of benzene rings is 3. The second kappa shape index (κ2) is 7.48. The Morgan fingerprint density at radius 2 is 1.61 bits per heavy atom. The molecule has 4 rings (SSSR count). The van der Waals surface area contributed by atoms with E-state index in [1.54, 1.807) is 36.4 Å². The summed E-state index contributed by atoms with van der Waals surface area (Å²) < 4.78 is 5.22. The van der Waals surface area contributed by atoms with E-state index in [1.165, 1.54) is 12.1 Å². The molecule has 1 amide bonds. The van der Waals surface area contributed by atoms with Crippen molar-refractivity contribution in [2.45, 2.75) is 0 Å².